The van der Waals surface area contributed by atoms with Gasteiger partial charge in [0.15, 0.2) is 0 Å². The average molecular weight is 208 g/mol. The van der Waals surface area contributed by atoms with Gasteiger partial charge < -0.3 is 4.98 Å². The lowest BCUT2D eigenvalue weighted by Gasteiger charge is -2.04. The molecule has 2 rings (SSSR count). The number of hydrogen-bond acceptors (Lipinski definition) is 1. The molecule has 1 heterocycles. The number of hydrogen-bond donors (Lipinski definition) is 1. The Hall–Kier alpha value is -1.28. The molecular formula is C11H10ClNO. The van der Waals surface area contributed by atoms with Gasteiger partial charge >= 0.3 is 0 Å². The van der Waals surface area contributed by atoms with Gasteiger partial charge in [-0.2, -0.15) is 0 Å². The van der Waals surface area contributed by atoms with Crippen LogP contribution in [0, 0.1) is 13.8 Å². The van der Waals surface area contributed by atoms with Crippen LogP contribution in [0.5, 0.6) is 0 Å². The average Bonchev–Trinajstić information content (AvgIpc) is 2.12. The molecule has 0 amide bonds. The zero-order valence-electron chi connectivity index (χ0n) is 8.02. The maximum absolute atomic E-state index is 11.6. The molecular weight excluding hydrogens is 198 g/mol. The van der Waals surface area contributed by atoms with E-state index >= 15 is 0 Å². The van der Waals surface area contributed by atoms with Crippen molar-refractivity contribution in [2.75, 3.05) is 0 Å². The SMILES string of the molecule is Cc1cc2c(C)c(Cl)ccc2c(=O)[nH]1. The van der Waals surface area contributed by atoms with Crippen molar-refractivity contribution in [3.63, 3.8) is 0 Å². The molecule has 0 aliphatic carbocycles. The summed E-state index contributed by atoms with van der Waals surface area (Å²) in [5, 5.41) is 2.32. The van der Waals surface area contributed by atoms with Crippen LogP contribution in [-0.2, 0) is 0 Å². The highest BCUT2D eigenvalue weighted by Gasteiger charge is 2.04. The Labute approximate surface area is 86.5 Å². The topological polar surface area (TPSA) is 32.9 Å². The molecule has 14 heavy (non-hydrogen) atoms. The third kappa shape index (κ3) is 1.32. The molecule has 0 saturated carbocycles. The van der Waals surface area contributed by atoms with Gasteiger partial charge in [0.1, 0.15) is 0 Å². The fraction of sp³-hybridized carbons (Fsp3) is 0.182. The fourth-order valence-electron chi connectivity index (χ4n) is 1.58. The molecule has 0 radical (unpaired) electrons. The van der Waals surface area contributed by atoms with E-state index in [9.17, 15) is 4.79 Å². The number of benzene rings is 1. The van der Waals surface area contributed by atoms with Gasteiger partial charge in [0, 0.05) is 16.1 Å². The second-order valence-electron chi connectivity index (χ2n) is 3.42. The smallest absolute Gasteiger partial charge is 0.256 e. The summed E-state index contributed by atoms with van der Waals surface area (Å²) < 4.78 is 0. The van der Waals surface area contributed by atoms with Crippen LogP contribution < -0.4 is 5.56 Å². The monoisotopic (exact) mass is 207 g/mol. The van der Waals surface area contributed by atoms with E-state index in [1.165, 1.54) is 0 Å². The van der Waals surface area contributed by atoms with Crippen molar-refractivity contribution >= 4 is 22.4 Å². The second-order valence-corrected chi connectivity index (χ2v) is 3.82. The predicted molar refractivity (Wildman–Crippen MR) is 59.1 cm³/mol. The molecule has 0 aliphatic heterocycles. The lowest BCUT2D eigenvalue weighted by Crippen LogP contribution is -2.07. The van der Waals surface area contributed by atoms with Crippen LogP contribution in [0.3, 0.4) is 0 Å². The van der Waals surface area contributed by atoms with E-state index in [2.05, 4.69) is 4.98 Å². The first-order chi connectivity index (χ1) is 6.59. The second kappa shape index (κ2) is 3.14. The molecule has 2 nitrogen and oxygen atoms in total. The number of rotatable bonds is 0. The summed E-state index contributed by atoms with van der Waals surface area (Å²) in [6.07, 6.45) is 0. The number of aromatic amines is 1. The molecule has 1 aromatic heterocycles. The van der Waals surface area contributed by atoms with Crippen LogP contribution in [0.1, 0.15) is 11.3 Å². The Morgan fingerprint density at radius 1 is 1.21 bits per heavy atom. The number of pyridine rings is 1. The Bertz CT molecular complexity index is 557. The molecule has 3 heteroatoms. The summed E-state index contributed by atoms with van der Waals surface area (Å²) in [5.41, 5.74) is 1.76. The number of nitrogens with one attached hydrogen (secondary N) is 1. The quantitative estimate of drug-likeness (QED) is 0.708. The van der Waals surface area contributed by atoms with Gasteiger partial charge in [-0.15, -0.1) is 0 Å². The molecule has 1 N–H and O–H groups in total. The van der Waals surface area contributed by atoms with Gasteiger partial charge in [0.05, 0.1) is 0 Å². The van der Waals surface area contributed by atoms with Crippen molar-refractivity contribution in [2.24, 2.45) is 0 Å². The number of H-pyrrole nitrogens is 1. The van der Waals surface area contributed by atoms with E-state index in [0.29, 0.717) is 10.4 Å². The minimum absolute atomic E-state index is 0.0558. The van der Waals surface area contributed by atoms with Crippen molar-refractivity contribution in [3.8, 4) is 0 Å². The lowest BCUT2D eigenvalue weighted by atomic mass is 10.1. The fourth-order valence-corrected chi connectivity index (χ4v) is 1.75. The van der Waals surface area contributed by atoms with E-state index in [1.807, 2.05) is 19.9 Å². The van der Waals surface area contributed by atoms with Gasteiger partial charge in [-0.3, -0.25) is 4.79 Å². The Balaban J connectivity index is 3.03. The molecule has 0 fully saturated rings. The lowest BCUT2D eigenvalue weighted by molar-refractivity contribution is 1.17. The Morgan fingerprint density at radius 2 is 1.93 bits per heavy atom. The number of halogens is 1. The van der Waals surface area contributed by atoms with Crippen LogP contribution >= 0.6 is 11.6 Å². The van der Waals surface area contributed by atoms with Crippen molar-refractivity contribution in [1.29, 1.82) is 0 Å². The van der Waals surface area contributed by atoms with E-state index in [-0.39, 0.29) is 5.56 Å². The summed E-state index contributed by atoms with van der Waals surface area (Å²) in [5.74, 6) is 0. The first-order valence-corrected chi connectivity index (χ1v) is 4.76. The Kier molecular flexibility index (Phi) is 2.08. The normalized spacial score (nSPS) is 10.8. The van der Waals surface area contributed by atoms with Gasteiger partial charge in [-0.05, 0) is 43.0 Å². The molecule has 72 valence electrons. The minimum Gasteiger partial charge on any atom is -0.326 e. The molecule has 0 unspecified atom stereocenters. The van der Waals surface area contributed by atoms with Crippen molar-refractivity contribution < 1.29 is 0 Å². The zero-order valence-corrected chi connectivity index (χ0v) is 8.77. The first kappa shape index (κ1) is 9.28. The van der Waals surface area contributed by atoms with Gasteiger partial charge in [0.25, 0.3) is 5.56 Å². The molecule has 0 atom stereocenters. The van der Waals surface area contributed by atoms with Crippen molar-refractivity contribution in [1.82, 2.24) is 4.98 Å². The molecule has 2 aromatic rings. The predicted octanol–water partition coefficient (Wildman–Crippen LogP) is 2.80. The van der Waals surface area contributed by atoms with Crippen LogP contribution in [0.25, 0.3) is 10.8 Å². The third-order valence-electron chi connectivity index (χ3n) is 2.36. The molecule has 0 aliphatic rings. The van der Waals surface area contributed by atoms with Gasteiger partial charge in [-0.1, -0.05) is 11.6 Å². The highest BCUT2D eigenvalue weighted by atomic mass is 35.5. The summed E-state index contributed by atoms with van der Waals surface area (Å²) >= 11 is 5.98. The minimum atomic E-state index is -0.0558. The van der Waals surface area contributed by atoms with Crippen LogP contribution in [0.15, 0.2) is 23.0 Å². The highest BCUT2D eigenvalue weighted by Crippen LogP contribution is 2.23. The molecule has 1 aromatic carbocycles. The largest absolute Gasteiger partial charge is 0.326 e. The van der Waals surface area contributed by atoms with Crippen molar-refractivity contribution in [3.05, 3.63) is 44.8 Å². The third-order valence-corrected chi connectivity index (χ3v) is 2.77. The van der Waals surface area contributed by atoms with Crippen LogP contribution in [-0.4, -0.2) is 4.98 Å². The van der Waals surface area contributed by atoms with Gasteiger partial charge in [0.2, 0.25) is 0 Å². The highest BCUT2D eigenvalue weighted by molar-refractivity contribution is 6.32. The van der Waals surface area contributed by atoms with E-state index < -0.39 is 0 Å². The summed E-state index contributed by atoms with van der Waals surface area (Å²) in [4.78, 5) is 14.3. The van der Waals surface area contributed by atoms with E-state index in [4.69, 9.17) is 11.6 Å². The van der Waals surface area contributed by atoms with Gasteiger partial charge in [-0.25, -0.2) is 0 Å². The van der Waals surface area contributed by atoms with E-state index in [1.54, 1.807) is 12.1 Å². The number of fused-ring (bicyclic) bond motifs is 1. The van der Waals surface area contributed by atoms with Crippen LogP contribution in [0.2, 0.25) is 5.02 Å². The summed E-state index contributed by atoms with van der Waals surface area (Å²) in [6.45, 7) is 3.78. The number of aryl methyl sites for hydroxylation is 2. The summed E-state index contributed by atoms with van der Waals surface area (Å²) in [6, 6.07) is 5.45. The van der Waals surface area contributed by atoms with E-state index in [0.717, 1.165) is 16.6 Å². The number of aromatic nitrogens is 1. The first-order valence-electron chi connectivity index (χ1n) is 4.38. The maximum atomic E-state index is 11.6. The van der Waals surface area contributed by atoms with Crippen molar-refractivity contribution in [2.45, 2.75) is 13.8 Å². The standard InChI is InChI=1S/C11H10ClNO/c1-6-5-9-7(2)10(12)4-3-8(9)11(14)13-6/h3-5H,1-2H3,(H,13,14). The molecule has 0 bridgehead atoms. The summed E-state index contributed by atoms with van der Waals surface area (Å²) in [7, 11) is 0. The molecule has 0 saturated heterocycles. The molecule has 0 spiro atoms. The maximum Gasteiger partial charge on any atom is 0.256 e. The van der Waals surface area contributed by atoms with Crippen LogP contribution in [0.4, 0.5) is 0 Å². The Morgan fingerprint density at radius 3 is 2.64 bits per heavy atom. The zero-order chi connectivity index (χ0) is 10.3.